The fraction of sp³-hybridized carbons (Fsp3) is 0.333. The summed E-state index contributed by atoms with van der Waals surface area (Å²) < 4.78 is 0. The Bertz CT molecular complexity index is 149. The van der Waals surface area contributed by atoms with Crippen molar-refractivity contribution in [2.24, 2.45) is 0 Å². The molecule has 0 saturated heterocycles. The third kappa shape index (κ3) is 3.91. The van der Waals surface area contributed by atoms with Crippen LogP contribution < -0.4 is 0 Å². The molecular weight excluding hydrogens is 140 g/mol. The average Bonchev–Trinajstić information content (AvgIpc) is 1.82. The summed E-state index contributed by atoms with van der Waals surface area (Å²) in [7, 11) is 0. The quantitative estimate of drug-likeness (QED) is 0.342. The molecule has 0 aromatic carbocycles. The van der Waals surface area contributed by atoms with Crippen LogP contribution in [0.5, 0.6) is 0 Å². The van der Waals surface area contributed by atoms with E-state index in [2.05, 4.69) is 0 Å². The van der Waals surface area contributed by atoms with Crippen LogP contribution >= 0.6 is 11.6 Å². The molecule has 0 N–H and O–H groups in total. The maximum absolute atomic E-state index is 10.3. The van der Waals surface area contributed by atoms with Gasteiger partial charge in [-0.05, 0) is 24.1 Å². The SMILES string of the molecule is CCC=CC(=O)C(=O)Cl. The molecule has 0 aliphatic carbocycles. The van der Waals surface area contributed by atoms with E-state index in [4.69, 9.17) is 11.6 Å². The molecule has 0 rings (SSSR count). The van der Waals surface area contributed by atoms with Gasteiger partial charge >= 0.3 is 0 Å². The van der Waals surface area contributed by atoms with Crippen LogP contribution in [-0.2, 0) is 9.59 Å². The fourth-order valence-electron chi connectivity index (χ4n) is 0.290. The number of carbonyl (C=O) groups excluding carboxylic acids is 2. The Morgan fingerprint density at radius 1 is 1.56 bits per heavy atom. The highest BCUT2D eigenvalue weighted by atomic mass is 35.5. The van der Waals surface area contributed by atoms with Crippen molar-refractivity contribution in [3.8, 4) is 0 Å². The van der Waals surface area contributed by atoms with Crippen molar-refractivity contribution >= 4 is 22.6 Å². The number of hydrogen-bond donors (Lipinski definition) is 0. The van der Waals surface area contributed by atoms with Crippen molar-refractivity contribution in [1.82, 2.24) is 0 Å². The van der Waals surface area contributed by atoms with E-state index in [1.54, 1.807) is 6.08 Å². The van der Waals surface area contributed by atoms with Gasteiger partial charge in [0.15, 0.2) is 0 Å². The smallest absolute Gasteiger partial charge is 0.285 e. The van der Waals surface area contributed by atoms with Gasteiger partial charge in [-0.25, -0.2) is 0 Å². The van der Waals surface area contributed by atoms with E-state index in [1.165, 1.54) is 6.08 Å². The summed E-state index contributed by atoms with van der Waals surface area (Å²) in [5.41, 5.74) is 0. The lowest BCUT2D eigenvalue weighted by Gasteiger charge is -1.79. The number of hydrogen-bond acceptors (Lipinski definition) is 2. The second-order valence-corrected chi connectivity index (χ2v) is 1.79. The lowest BCUT2D eigenvalue weighted by atomic mass is 10.3. The lowest BCUT2D eigenvalue weighted by molar-refractivity contribution is -0.129. The monoisotopic (exact) mass is 146 g/mol. The van der Waals surface area contributed by atoms with E-state index in [0.29, 0.717) is 0 Å². The van der Waals surface area contributed by atoms with Gasteiger partial charge in [0.1, 0.15) is 0 Å². The number of halogens is 1. The second-order valence-electron chi connectivity index (χ2n) is 1.45. The van der Waals surface area contributed by atoms with Crippen LogP contribution in [-0.4, -0.2) is 11.0 Å². The highest BCUT2D eigenvalue weighted by molar-refractivity contribution is 6.82. The predicted molar refractivity (Wildman–Crippen MR) is 35.3 cm³/mol. The van der Waals surface area contributed by atoms with Gasteiger partial charge in [0.25, 0.3) is 5.24 Å². The highest BCUT2D eigenvalue weighted by Crippen LogP contribution is 1.86. The van der Waals surface area contributed by atoms with Crippen molar-refractivity contribution < 1.29 is 9.59 Å². The molecule has 0 aliphatic rings. The van der Waals surface area contributed by atoms with Crippen LogP contribution in [0.3, 0.4) is 0 Å². The van der Waals surface area contributed by atoms with E-state index in [1.807, 2.05) is 6.92 Å². The molecule has 0 fully saturated rings. The minimum absolute atomic E-state index is 0.654. The molecule has 0 spiro atoms. The number of carbonyl (C=O) groups is 2. The summed E-state index contributed by atoms with van der Waals surface area (Å²) in [6, 6.07) is 0. The van der Waals surface area contributed by atoms with Gasteiger partial charge in [-0.1, -0.05) is 13.0 Å². The fourth-order valence-corrected chi connectivity index (χ4v) is 0.353. The molecular formula is C6H7ClO2. The molecule has 0 aliphatic heterocycles. The highest BCUT2D eigenvalue weighted by Gasteiger charge is 2.02. The molecule has 0 amide bonds. The van der Waals surface area contributed by atoms with Crippen LogP contribution in [0.15, 0.2) is 12.2 Å². The first-order valence-electron chi connectivity index (χ1n) is 2.58. The molecule has 50 valence electrons. The summed E-state index contributed by atoms with van der Waals surface area (Å²) in [6.07, 6.45) is 3.49. The molecule has 0 saturated carbocycles. The van der Waals surface area contributed by atoms with E-state index in [0.717, 1.165) is 6.42 Å². The molecule has 0 heterocycles. The topological polar surface area (TPSA) is 34.1 Å². The number of ketones is 1. The first-order chi connectivity index (χ1) is 4.18. The van der Waals surface area contributed by atoms with Crippen LogP contribution in [0, 0.1) is 0 Å². The normalized spacial score (nSPS) is 10.0. The van der Waals surface area contributed by atoms with Crippen molar-refractivity contribution in [3.05, 3.63) is 12.2 Å². The maximum atomic E-state index is 10.3. The van der Waals surface area contributed by atoms with Crippen molar-refractivity contribution in [2.75, 3.05) is 0 Å². The second kappa shape index (κ2) is 4.27. The largest absolute Gasteiger partial charge is 0.292 e. The Morgan fingerprint density at radius 3 is 2.44 bits per heavy atom. The third-order valence-corrected chi connectivity index (χ3v) is 0.885. The molecule has 0 unspecified atom stereocenters. The minimum atomic E-state index is -0.931. The van der Waals surface area contributed by atoms with Crippen molar-refractivity contribution in [3.63, 3.8) is 0 Å². The molecule has 0 radical (unpaired) electrons. The Kier molecular flexibility index (Phi) is 3.97. The first-order valence-corrected chi connectivity index (χ1v) is 2.96. The predicted octanol–water partition coefficient (Wildman–Crippen LogP) is 1.29. The first kappa shape index (κ1) is 8.37. The van der Waals surface area contributed by atoms with Crippen molar-refractivity contribution in [2.45, 2.75) is 13.3 Å². The van der Waals surface area contributed by atoms with Crippen LogP contribution in [0.4, 0.5) is 0 Å². The Morgan fingerprint density at radius 2 is 2.11 bits per heavy atom. The van der Waals surface area contributed by atoms with Gasteiger partial charge in [0.2, 0.25) is 5.78 Å². The van der Waals surface area contributed by atoms with E-state index < -0.39 is 11.0 Å². The number of rotatable bonds is 3. The van der Waals surface area contributed by atoms with Crippen molar-refractivity contribution in [1.29, 1.82) is 0 Å². The van der Waals surface area contributed by atoms with Gasteiger partial charge in [0, 0.05) is 0 Å². The summed E-state index contributed by atoms with van der Waals surface area (Å²) in [5.74, 6) is -0.654. The van der Waals surface area contributed by atoms with Gasteiger partial charge in [-0.3, -0.25) is 9.59 Å². The summed E-state index contributed by atoms with van der Waals surface area (Å²) in [6.45, 7) is 1.86. The van der Waals surface area contributed by atoms with Gasteiger partial charge in [0.05, 0.1) is 0 Å². The Balaban J connectivity index is 3.77. The number of allylic oxidation sites excluding steroid dienone is 2. The van der Waals surface area contributed by atoms with E-state index in [9.17, 15) is 9.59 Å². The average molecular weight is 147 g/mol. The zero-order valence-corrected chi connectivity index (χ0v) is 5.81. The molecule has 9 heavy (non-hydrogen) atoms. The zero-order valence-electron chi connectivity index (χ0n) is 5.06. The summed E-state index contributed by atoms with van der Waals surface area (Å²) in [4.78, 5) is 20.3. The molecule has 2 nitrogen and oxygen atoms in total. The van der Waals surface area contributed by atoms with Gasteiger partial charge in [-0.2, -0.15) is 0 Å². The van der Waals surface area contributed by atoms with E-state index >= 15 is 0 Å². The van der Waals surface area contributed by atoms with Crippen LogP contribution in [0.25, 0.3) is 0 Å². The van der Waals surface area contributed by atoms with Gasteiger partial charge < -0.3 is 0 Å². The Labute approximate surface area is 58.5 Å². The maximum Gasteiger partial charge on any atom is 0.292 e. The molecule has 3 heteroatoms. The Hall–Kier alpha value is -0.630. The van der Waals surface area contributed by atoms with Crippen LogP contribution in [0.1, 0.15) is 13.3 Å². The van der Waals surface area contributed by atoms with Crippen LogP contribution in [0.2, 0.25) is 0 Å². The minimum Gasteiger partial charge on any atom is -0.285 e. The molecule has 0 atom stereocenters. The molecule has 0 bridgehead atoms. The zero-order chi connectivity index (χ0) is 7.28. The third-order valence-electron chi connectivity index (χ3n) is 0.699. The summed E-state index contributed by atoms with van der Waals surface area (Å²) >= 11 is 4.82. The molecule has 0 aromatic rings. The van der Waals surface area contributed by atoms with E-state index in [-0.39, 0.29) is 0 Å². The summed E-state index contributed by atoms with van der Waals surface area (Å²) in [5, 5.41) is -0.931. The van der Waals surface area contributed by atoms with Gasteiger partial charge in [-0.15, -0.1) is 0 Å². The standard InChI is InChI=1S/C6H7ClO2/c1-2-3-4-5(8)6(7)9/h3-4H,2H2,1H3. The lowest BCUT2D eigenvalue weighted by Crippen LogP contribution is -2.01. The molecule has 0 aromatic heterocycles.